The van der Waals surface area contributed by atoms with Gasteiger partial charge in [-0.1, -0.05) is 49.0 Å². The molecule has 1 aromatic carbocycles. The molecule has 0 saturated carbocycles. The number of carbonyl (C=O) groups is 1. The molecular formula is C16H22N2OS2. The first-order valence-electron chi connectivity index (χ1n) is 7.39. The van der Waals surface area contributed by atoms with Gasteiger partial charge in [-0.3, -0.25) is 4.79 Å². The molecule has 1 saturated heterocycles. The Kier molecular flexibility index (Phi) is 6.51. The van der Waals surface area contributed by atoms with E-state index in [-0.39, 0.29) is 10.9 Å². The highest BCUT2D eigenvalue weighted by atomic mass is 32.2. The zero-order valence-corrected chi connectivity index (χ0v) is 13.7. The molecule has 3 nitrogen and oxygen atoms in total. The molecule has 0 spiro atoms. The Hall–Kier alpha value is -1.07. The van der Waals surface area contributed by atoms with Gasteiger partial charge in [-0.05, 0) is 30.6 Å². The van der Waals surface area contributed by atoms with Crippen LogP contribution < -0.4 is 11.1 Å². The normalized spacial score (nSPS) is 19.7. The van der Waals surface area contributed by atoms with E-state index in [1.54, 1.807) is 0 Å². The second kappa shape index (κ2) is 8.39. The van der Waals surface area contributed by atoms with Gasteiger partial charge in [-0.2, -0.15) is 11.8 Å². The van der Waals surface area contributed by atoms with E-state index in [2.05, 4.69) is 5.32 Å². The Morgan fingerprint density at radius 1 is 1.38 bits per heavy atom. The van der Waals surface area contributed by atoms with Gasteiger partial charge in [0.2, 0.25) is 5.91 Å². The highest BCUT2D eigenvalue weighted by Crippen LogP contribution is 2.24. The summed E-state index contributed by atoms with van der Waals surface area (Å²) in [5.41, 5.74) is 6.84. The SMILES string of the molecule is NC(=S)C(Cc1ccccc1)C(=O)NCC1CCCCS1. The van der Waals surface area contributed by atoms with Gasteiger partial charge in [0.25, 0.3) is 0 Å². The van der Waals surface area contributed by atoms with E-state index in [0.717, 1.165) is 12.1 Å². The van der Waals surface area contributed by atoms with E-state index in [4.69, 9.17) is 18.0 Å². The Morgan fingerprint density at radius 3 is 2.76 bits per heavy atom. The molecule has 1 fully saturated rings. The fraction of sp³-hybridized carbons (Fsp3) is 0.500. The molecule has 1 amide bonds. The summed E-state index contributed by atoms with van der Waals surface area (Å²) in [7, 11) is 0. The van der Waals surface area contributed by atoms with Crippen LogP contribution in [0.5, 0.6) is 0 Å². The molecule has 2 rings (SSSR count). The van der Waals surface area contributed by atoms with Crippen LogP contribution in [0.15, 0.2) is 30.3 Å². The van der Waals surface area contributed by atoms with Crippen LogP contribution in [0, 0.1) is 5.92 Å². The maximum atomic E-state index is 12.3. The molecule has 1 aliphatic heterocycles. The van der Waals surface area contributed by atoms with Crippen LogP contribution in [0.4, 0.5) is 0 Å². The van der Waals surface area contributed by atoms with Crippen LogP contribution in [0.25, 0.3) is 0 Å². The van der Waals surface area contributed by atoms with Crippen LogP contribution in [0.3, 0.4) is 0 Å². The van der Waals surface area contributed by atoms with Gasteiger partial charge in [0, 0.05) is 11.8 Å². The Morgan fingerprint density at radius 2 is 2.14 bits per heavy atom. The first kappa shape index (κ1) is 16.3. The third kappa shape index (κ3) is 5.32. The number of carbonyl (C=O) groups excluding carboxylic acids is 1. The summed E-state index contributed by atoms with van der Waals surface area (Å²) in [5, 5.41) is 3.56. The van der Waals surface area contributed by atoms with Crippen molar-refractivity contribution in [3.05, 3.63) is 35.9 Å². The number of benzene rings is 1. The van der Waals surface area contributed by atoms with Crippen molar-refractivity contribution in [1.29, 1.82) is 0 Å². The molecule has 0 bridgehead atoms. The maximum Gasteiger partial charge on any atom is 0.230 e. The number of nitrogens with two attached hydrogens (primary N) is 1. The van der Waals surface area contributed by atoms with Gasteiger partial charge in [0.1, 0.15) is 0 Å². The van der Waals surface area contributed by atoms with Gasteiger partial charge >= 0.3 is 0 Å². The van der Waals surface area contributed by atoms with Crippen LogP contribution in [0.1, 0.15) is 24.8 Å². The number of thiocarbonyl (C=S) groups is 1. The Labute approximate surface area is 136 Å². The molecule has 0 aromatic heterocycles. The minimum absolute atomic E-state index is 0.0440. The van der Waals surface area contributed by atoms with Crippen molar-refractivity contribution in [3.8, 4) is 0 Å². The lowest BCUT2D eigenvalue weighted by Gasteiger charge is -2.23. The number of hydrogen-bond acceptors (Lipinski definition) is 3. The number of nitrogens with one attached hydrogen (secondary N) is 1. The molecule has 0 radical (unpaired) electrons. The van der Waals surface area contributed by atoms with E-state index >= 15 is 0 Å². The lowest BCUT2D eigenvalue weighted by molar-refractivity contribution is -0.122. The van der Waals surface area contributed by atoms with Gasteiger partial charge < -0.3 is 11.1 Å². The Bertz CT molecular complexity index is 472. The topological polar surface area (TPSA) is 55.1 Å². The summed E-state index contributed by atoms with van der Waals surface area (Å²) in [6.45, 7) is 0.720. The van der Waals surface area contributed by atoms with Crippen LogP contribution in [0.2, 0.25) is 0 Å². The predicted octanol–water partition coefficient (Wildman–Crippen LogP) is 2.53. The maximum absolute atomic E-state index is 12.3. The molecule has 1 aliphatic rings. The molecule has 1 heterocycles. The van der Waals surface area contributed by atoms with Crippen LogP contribution in [-0.4, -0.2) is 28.4 Å². The summed E-state index contributed by atoms with van der Waals surface area (Å²) in [4.78, 5) is 12.6. The summed E-state index contributed by atoms with van der Waals surface area (Å²) in [6, 6.07) is 9.87. The molecule has 5 heteroatoms. The third-order valence-electron chi connectivity index (χ3n) is 3.72. The molecule has 0 aliphatic carbocycles. The zero-order valence-electron chi connectivity index (χ0n) is 12.1. The average Bonchev–Trinajstić information content (AvgIpc) is 2.52. The van der Waals surface area contributed by atoms with E-state index in [1.807, 2.05) is 42.1 Å². The second-order valence-electron chi connectivity index (χ2n) is 5.38. The zero-order chi connectivity index (χ0) is 15.1. The van der Waals surface area contributed by atoms with E-state index in [0.29, 0.717) is 11.7 Å². The minimum atomic E-state index is -0.420. The van der Waals surface area contributed by atoms with Crippen molar-refractivity contribution >= 4 is 34.9 Å². The third-order valence-corrected chi connectivity index (χ3v) is 5.40. The van der Waals surface area contributed by atoms with Crippen molar-refractivity contribution in [1.82, 2.24) is 5.32 Å². The van der Waals surface area contributed by atoms with Crippen LogP contribution in [-0.2, 0) is 11.2 Å². The van der Waals surface area contributed by atoms with E-state index < -0.39 is 5.92 Å². The van der Waals surface area contributed by atoms with Crippen molar-refractivity contribution in [2.45, 2.75) is 30.9 Å². The van der Waals surface area contributed by atoms with Crippen molar-refractivity contribution < 1.29 is 4.79 Å². The largest absolute Gasteiger partial charge is 0.393 e. The Balaban J connectivity index is 1.88. The van der Waals surface area contributed by atoms with Gasteiger partial charge in [0.15, 0.2) is 0 Å². The predicted molar refractivity (Wildman–Crippen MR) is 93.5 cm³/mol. The van der Waals surface area contributed by atoms with E-state index in [1.165, 1.54) is 25.0 Å². The number of amides is 1. The fourth-order valence-corrected chi connectivity index (χ4v) is 3.91. The highest BCUT2D eigenvalue weighted by molar-refractivity contribution is 7.99. The summed E-state index contributed by atoms with van der Waals surface area (Å²) < 4.78 is 0. The van der Waals surface area contributed by atoms with Gasteiger partial charge in [-0.15, -0.1) is 0 Å². The number of rotatable bonds is 6. The molecule has 1 aromatic rings. The van der Waals surface area contributed by atoms with E-state index in [9.17, 15) is 4.79 Å². The highest BCUT2D eigenvalue weighted by Gasteiger charge is 2.23. The summed E-state index contributed by atoms with van der Waals surface area (Å²) in [5.74, 6) is 0.733. The second-order valence-corrected chi connectivity index (χ2v) is 7.26. The standard InChI is InChI=1S/C16H22N2OS2/c17-15(20)14(10-12-6-2-1-3-7-12)16(19)18-11-13-8-4-5-9-21-13/h1-3,6-7,13-14H,4-5,8-11H2,(H2,17,20)(H,18,19). The molecule has 114 valence electrons. The monoisotopic (exact) mass is 322 g/mol. The smallest absolute Gasteiger partial charge is 0.230 e. The fourth-order valence-electron chi connectivity index (χ4n) is 2.48. The molecular weight excluding hydrogens is 300 g/mol. The molecule has 2 unspecified atom stereocenters. The molecule has 21 heavy (non-hydrogen) atoms. The molecule has 2 atom stereocenters. The minimum Gasteiger partial charge on any atom is -0.393 e. The summed E-state index contributed by atoms with van der Waals surface area (Å²) >= 11 is 7.03. The average molecular weight is 322 g/mol. The molecule has 3 N–H and O–H groups in total. The van der Waals surface area contributed by atoms with Gasteiger partial charge in [0.05, 0.1) is 10.9 Å². The van der Waals surface area contributed by atoms with Crippen molar-refractivity contribution in [2.24, 2.45) is 11.7 Å². The quantitative estimate of drug-likeness (QED) is 0.790. The first-order chi connectivity index (χ1) is 10.2. The number of hydrogen-bond donors (Lipinski definition) is 2. The first-order valence-corrected chi connectivity index (χ1v) is 8.85. The summed E-state index contributed by atoms with van der Waals surface area (Å²) in [6.07, 6.45) is 4.30. The lowest BCUT2D eigenvalue weighted by atomic mass is 9.98. The lowest BCUT2D eigenvalue weighted by Crippen LogP contribution is -2.41. The van der Waals surface area contributed by atoms with Crippen LogP contribution >= 0.6 is 24.0 Å². The number of thioether (sulfide) groups is 1. The van der Waals surface area contributed by atoms with Gasteiger partial charge in [-0.25, -0.2) is 0 Å². The van der Waals surface area contributed by atoms with Crippen molar-refractivity contribution in [3.63, 3.8) is 0 Å². The van der Waals surface area contributed by atoms with Crippen molar-refractivity contribution in [2.75, 3.05) is 12.3 Å².